The Morgan fingerprint density at radius 1 is 0.833 bits per heavy atom. The summed E-state index contributed by atoms with van der Waals surface area (Å²) < 4.78 is 13.9. The van der Waals surface area contributed by atoms with Gasteiger partial charge in [0.05, 0.1) is 10.6 Å². The lowest BCUT2D eigenvalue weighted by Gasteiger charge is -2.35. The highest BCUT2D eigenvalue weighted by molar-refractivity contribution is 6.33. The Labute approximate surface area is 144 Å². The molecule has 1 aliphatic rings. The number of piperazine rings is 1. The van der Waals surface area contributed by atoms with Crippen LogP contribution in [0.1, 0.15) is 20.7 Å². The van der Waals surface area contributed by atoms with E-state index in [0.29, 0.717) is 31.7 Å². The van der Waals surface area contributed by atoms with Gasteiger partial charge in [-0.05, 0) is 24.3 Å². The van der Waals surface area contributed by atoms with Gasteiger partial charge < -0.3 is 9.80 Å². The van der Waals surface area contributed by atoms with Gasteiger partial charge >= 0.3 is 0 Å². The summed E-state index contributed by atoms with van der Waals surface area (Å²) in [7, 11) is 0. The Hall–Kier alpha value is -2.40. The van der Waals surface area contributed by atoms with E-state index in [-0.39, 0.29) is 16.5 Å². The zero-order valence-electron chi connectivity index (χ0n) is 12.9. The molecule has 1 aliphatic heterocycles. The quantitative estimate of drug-likeness (QED) is 0.838. The van der Waals surface area contributed by atoms with E-state index in [9.17, 15) is 14.0 Å². The van der Waals surface area contributed by atoms with Gasteiger partial charge in [0.2, 0.25) is 0 Å². The molecular formula is C18H16ClFN2O2. The number of hydrogen-bond acceptors (Lipinski definition) is 2. The Morgan fingerprint density at radius 3 is 2.00 bits per heavy atom. The molecule has 2 aromatic carbocycles. The van der Waals surface area contributed by atoms with E-state index in [1.54, 1.807) is 17.0 Å². The summed E-state index contributed by atoms with van der Waals surface area (Å²) in [6.45, 7) is 1.52. The van der Waals surface area contributed by atoms with Gasteiger partial charge in [-0.3, -0.25) is 9.59 Å². The zero-order valence-corrected chi connectivity index (χ0v) is 13.7. The lowest BCUT2D eigenvalue weighted by Crippen LogP contribution is -2.50. The topological polar surface area (TPSA) is 40.6 Å². The molecule has 0 radical (unpaired) electrons. The van der Waals surface area contributed by atoms with Crippen molar-refractivity contribution in [2.24, 2.45) is 0 Å². The fourth-order valence-corrected chi connectivity index (χ4v) is 2.98. The highest BCUT2D eigenvalue weighted by atomic mass is 35.5. The predicted octanol–water partition coefficient (Wildman–Crippen LogP) is 3.08. The van der Waals surface area contributed by atoms with Crippen LogP contribution in [0.5, 0.6) is 0 Å². The van der Waals surface area contributed by atoms with Crippen LogP contribution in [0.2, 0.25) is 5.02 Å². The highest BCUT2D eigenvalue weighted by Crippen LogP contribution is 2.21. The first-order valence-corrected chi connectivity index (χ1v) is 8.03. The molecular weight excluding hydrogens is 331 g/mol. The van der Waals surface area contributed by atoms with E-state index in [4.69, 9.17) is 11.6 Å². The molecule has 6 heteroatoms. The predicted molar refractivity (Wildman–Crippen MR) is 89.7 cm³/mol. The fourth-order valence-electron chi connectivity index (χ4n) is 2.74. The van der Waals surface area contributed by atoms with Crippen molar-refractivity contribution in [1.29, 1.82) is 0 Å². The van der Waals surface area contributed by atoms with Crippen molar-refractivity contribution >= 4 is 23.4 Å². The minimum atomic E-state index is -0.629. The first-order valence-electron chi connectivity index (χ1n) is 7.65. The van der Waals surface area contributed by atoms with Gasteiger partial charge in [0.1, 0.15) is 5.82 Å². The van der Waals surface area contributed by atoms with Crippen molar-refractivity contribution in [3.63, 3.8) is 0 Å². The van der Waals surface area contributed by atoms with E-state index in [1.807, 2.05) is 18.2 Å². The van der Waals surface area contributed by atoms with Gasteiger partial charge in [-0.15, -0.1) is 0 Å². The van der Waals surface area contributed by atoms with Crippen LogP contribution >= 0.6 is 11.6 Å². The number of carbonyl (C=O) groups is 2. The van der Waals surface area contributed by atoms with Crippen LogP contribution in [0, 0.1) is 5.82 Å². The summed E-state index contributed by atoms with van der Waals surface area (Å²) in [6, 6.07) is 13.2. The minimum Gasteiger partial charge on any atom is -0.335 e. The summed E-state index contributed by atoms with van der Waals surface area (Å²) in [5, 5.41) is 0.0998. The van der Waals surface area contributed by atoms with Crippen LogP contribution in [0.25, 0.3) is 0 Å². The molecule has 2 amide bonds. The molecule has 4 nitrogen and oxygen atoms in total. The lowest BCUT2D eigenvalue weighted by molar-refractivity contribution is 0.0533. The molecule has 1 heterocycles. The molecule has 2 aromatic rings. The number of rotatable bonds is 2. The number of carbonyl (C=O) groups excluding carboxylic acids is 2. The van der Waals surface area contributed by atoms with Crippen LogP contribution in [0.15, 0.2) is 48.5 Å². The summed E-state index contributed by atoms with van der Waals surface area (Å²) in [6.07, 6.45) is 0. The van der Waals surface area contributed by atoms with Gasteiger partial charge in [-0.25, -0.2) is 4.39 Å². The van der Waals surface area contributed by atoms with Crippen LogP contribution in [-0.4, -0.2) is 47.8 Å². The molecule has 1 saturated heterocycles. The molecule has 124 valence electrons. The molecule has 0 unspecified atom stereocenters. The zero-order chi connectivity index (χ0) is 17.1. The largest absolute Gasteiger partial charge is 0.335 e. The van der Waals surface area contributed by atoms with E-state index < -0.39 is 11.7 Å². The van der Waals surface area contributed by atoms with Gasteiger partial charge in [0.15, 0.2) is 0 Å². The molecule has 0 aromatic heterocycles. The minimum absolute atomic E-state index is 0.0633. The van der Waals surface area contributed by atoms with Crippen molar-refractivity contribution < 1.29 is 14.0 Å². The van der Waals surface area contributed by atoms with E-state index >= 15 is 0 Å². The maximum atomic E-state index is 13.9. The standard InChI is InChI=1S/C18H16ClFN2O2/c19-14-7-4-8-15(20)16(14)18(24)22-11-9-21(10-12-22)17(23)13-5-2-1-3-6-13/h1-8H,9-12H2. The Balaban J connectivity index is 1.67. The molecule has 0 atom stereocenters. The van der Waals surface area contributed by atoms with Crippen LogP contribution in [0.4, 0.5) is 4.39 Å². The number of halogens is 2. The van der Waals surface area contributed by atoms with Gasteiger partial charge in [-0.2, -0.15) is 0 Å². The van der Waals surface area contributed by atoms with Crippen LogP contribution in [0.3, 0.4) is 0 Å². The Kier molecular flexibility index (Phi) is 4.81. The summed E-state index contributed by atoms with van der Waals surface area (Å²) in [5.41, 5.74) is 0.511. The summed E-state index contributed by atoms with van der Waals surface area (Å²) >= 11 is 5.95. The van der Waals surface area contributed by atoms with Crippen molar-refractivity contribution in [1.82, 2.24) is 9.80 Å². The Morgan fingerprint density at radius 2 is 1.42 bits per heavy atom. The maximum absolute atomic E-state index is 13.9. The Bertz CT molecular complexity index is 739. The third kappa shape index (κ3) is 3.26. The number of nitrogens with zero attached hydrogens (tertiary/aromatic N) is 2. The first-order chi connectivity index (χ1) is 11.6. The SMILES string of the molecule is O=C(c1ccccc1)N1CCN(C(=O)c2c(F)cccc2Cl)CC1. The molecule has 0 spiro atoms. The van der Waals surface area contributed by atoms with Gasteiger partial charge in [0.25, 0.3) is 11.8 Å². The third-order valence-corrected chi connectivity index (χ3v) is 4.37. The van der Waals surface area contributed by atoms with Crippen molar-refractivity contribution in [2.75, 3.05) is 26.2 Å². The van der Waals surface area contributed by atoms with Crippen molar-refractivity contribution in [3.8, 4) is 0 Å². The normalized spacial score (nSPS) is 14.6. The summed E-state index contributed by atoms with van der Waals surface area (Å²) in [4.78, 5) is 28.1. The van der Waals surface area contributed by atoms with Crippen LogP contribution in [-0.2, 0) is 0 Å². The second-order valence-electron chi connectivity index (χ2n) is 5.55. The third-order valence-electron chi connectivity index (χ3n) is 4.05. The van der Waals surface area contributed by atoms with Crippen molar-refractivity contribution in [3.05, 3.63) is 70.5 Å². The highest BCUT2D eigenvalue weighted by Gasteiger charge is 2.27. The first kappa shape index (κ1) is 16.5. The summed E-state index contributed by atoms with van der Waals surface area (Å²) in [5.74, 6) is -1.13. The van der Waals surface area contributed by atoms with Crippen molar-refractivity contribution in [2.45, 2.75) is 0 Å². The smallest absolute Gasteiger partial charge is 0.258 e. The maximum Gasteiger partial charge on any atom is 0.258 e. The molecule has 1 fully saturated rings. The van der Waals surface area contributed by atoms with E-state index in [2.05, 4.69) is 0 Å². The second-order valence-corrected chi connectivity index (χ2v) is 5.95. The number of hydrogen-bond donors (Lipinski definition) is 0. The second kappa shape index (κ2) is 7.01. The lowest BCUT2D eigenvalue weighted by atomic mass is 10.1. The number of amides is 2. The molecule has 0 bridgehead atoms. The van der Waals surface area contributed by atoms with Gasteiger partial charge in [0, 0.05) is 31.7 Å². The van der Waals surface area contributed by atoms with Gasteiger partial charge in [-0.1, -0.05) is 35.9 Å². The average molecular weight is 347 g/mol. The molecule has 0 saturated carbocycles. The fraction of sp³-hybridized carbons (Fsp3) is 0.222. The average Bonchev–Trinajstić information content (AvgIpc) is 2.62. The molecule has 3 rings (SSSR count). The van der Waals surface area contributed by atoms with E-state index in [1.165, 1.54) is 23.1 Å². The molecule has 0 N–H and O–H groups in total. The monoisotopic (exact) mass is 346 g/mol. The molecule has 0 aliphatic carbocycles. The van der Waals surface area contributed by atoms with E-state index in [0.717, 1.165) is 0 Å². The molecule has 24 heavy (non-hydrogen) atoms. The number of benzene rings is 2. The van der Waals surface area contributed by atoms with Crippen LogP contribution < -0.4 is 0 Å².